The second kappa shape index (κ2) is 7.96. The van der Waals surface area contributed by atoms with Gasteiger partial charge in [-0.25, -0.2) is 0 Å². The molecule has 0 aliphatic heterocycles. The number of halogens is 9. The maximum Gasteiger partial charge on any atom is 0.418 e. The Kier molecular flexibility index (Phi) is 6.31. The highest BCUT2D eigenvalue weighted by molar-refractivity contribution is 6.46. The lowest BCUT2D eigenvalue weighted by Crippen LogP contribution is -2.13. The van der Waals surface area contributed by atoms with E-state index in [1.807, 2.05) is 5.32 Å². The van der Waals surface area contributed by atoms with Gasteiger partial charge in [-0.3, -0.25) is 20.2 Å². The van der Waals surface area contributed by atoms with Gasteiger partial charge in [0.05, 0.1) is 47.8 Å². The zero-order valence-corrected chi connectivity index (χ0v) is 15.9. The van der Waals surface area contributed by atoms with Crippen LogP contribution in [0.2, 0.25) is 15.1 Å². The minimum atomic E-state index is -5.34. The minimum absolute atomic E-state index is 0.00281. The SMILES string of the molecule is O=[N+]([O-])c1cc([N+](=O)[O-])c(Nc2c(Cl)cc(C(F)(F)F)c(Cl)c2Cl)c(C(F)(F)F)c1. The molecule has 2 aromatic rings. The van der Waals surface area contributed by atoms with E-state index >= 15 is 0 Å². The molecule has 7 nitrogen and oxygen atoms in total. The van der Waals surface area contributed by atoms with Gasteiger partial charge < -0.3 is 5.32 Å². The summed E-state index contributed by atoms with van der Waals surface area (Å²) in [6.07, 6.45) is -10.4. The maximum atomic E-state index is 13.4. The van der Waals surface area contributed by atoms with Crippen LogP contribution in [0, 0.1) is 20.2 Å². The van der Waals surface area contributed by atoms with Crippen LogP contribution in [-0.4, -0.2) is 9.85 Å². The average molecular weight is 499 g/mol. The summed E-state index contributed by atoms with van der Waals surface area (Å²) in [7, 11) is 0. The van der Waals surface area contributed by atoms with Crippen molar-refractivity contribution >= 4 is 57.6 Å². The van der Waals surface area contributed by atoms with Gasteiger partial charge in [-0.1, -0.05) is 34.8 Å². The first-order chi connectivity index (χ1) is 13.6. The van der Waals surface area contributed by atoms with Gasteiger partial charge in [0.2, 0.25) is 0 Å². The standard InChI is InChI=1S/C14H4Cl3F6N3O4/c15-7-3-5(13(18,19)20)9(16)10(17)12(7)24-11-6(14(21,22)23)1-4(25(27)28)2-8(11)26(29)30/h1-3,24H. The molecule has 0 fully saturated rings. The lowest BCUT2D eigenvalue weighted by molar-refractivity contribution is -0.394. The van der Waals surface area contributed by atoms with Crippen molar-refractivity contribution in [2.75, 3.05) is 5.32 Å². The number of rotatable bonds is 4. The van der Waals surface area contributed by atoms with Crippen LogP contribution in [0.4, 0.5) is 49.1 Å². The highest BCUT2D eigenvalue weighted by Gasteiger charge is 2.41. The fourth-order valence-electron chi connectivity index (χ4n) is 2.26. The Morgan fingerprint density at radius 2 is 1.30 bits per heavy atom. The van der Waals surface area contributed by atoms with Crippen molar-refractivity contribution in [3.8, 4) is 0 Å². The van der Waals surface area contributed by atoms with Crippen LogP contribution in [0.5, 0.6) is 0 Å². The normalized spacial score (nSPS) is 12.0. The van der Waals surface area contributed by atoms with Crippen molar-refractivity contribution in [3.63, 3.8) is 0 Å². The Morgan fingerprint density at radius 1 is 0.767 bits per heavy atom. The number of hydrogen-bond acceptors (Lipinski definition) is 5. The number of non-ortho nitro benzene ring substituents is 1. The third kappa shape index (κ3) is 4.63. The summed E-state index contributed by atoms with van der Waals surface area (Å²) in [4.78, 5) is 19.4. The number of nitro groups is 2. The largest absolute Gasteiger partial charge is 0.418 e. The molecule has 0 bridgehead atoms. The van der Waals surface area contributed by atoms with Crippen LogP contribution in [0.3, 0.4) is 0 Å². The van der Waals surface area contributed by atoms with Gasteiger partial charge in [0.15, 0.2) is 0 Å². The van der Waals surface area contributed by atoms with Gasteiger partial charge in [0.25, 0.3) is 11.4 Å². The molecule has 0 spiro atoms. The molecule has 0 aromatic heterocycles. The van der Waals surface area contributed by atoms with Crippen LogP contribution >= 0.6 is 34.8 Å². The van der Waals surface area contributed by atoms with Crippen molar-refractivity contribution in [1.82, 2.24) is 0 Å². The topological polar surface area (TPSA) is 98.3 Å². The van der Waals surface area contributed by atoms with Gasteiger partial charge in [0.1, 0.15) is 5.69 Å². The van der Waals surface area contributed by atoms with Crippen molar-refractivity contribution in [2.45, 2.75) is 12.4 Å². The summed E-state index contributed by atoms with van der Waals surface area (Å²) in [6.45, 7) is 0. The monoisotopic (exact) mass is 497 g/mol. The van der Waals surface area contributed by atoms with Crippen LogP contribution in [0.1, 0.15) is 11.1 Å². The number of anilines is 2. The molecule has 0 heterocycles. The number of alkyl halides is 6. The Balaban J connectivity index is 2.82. The maximum absolute atomic E-state index is 13.4. The van der Waals surface area contributed by atoms with Crippen LogP contribution in [-0.2, 0) is 12.4 Å². The highest BCUT2D eigenvalue weighted by Crippen LogP contribution is 2.49. The number of nitrogens with one attached hydrogen (secondary N) is 1. The summed E-state index contributed by atoms with van der Waals surface area (Å²) < 4.78 is 79.1. The van der Waals surface area contributed by atoms with Crippen molar-refractivity contribution in [1.29, 1.82) is 0 Å². The van der Waals surface area contributed by atoms with E-state index in [0.29, 0.717) is 0 Å². The molecule has 0 aliphatic carbocycles. The van der Waals surface area contributed by atoms with Gasteiger partial charge in [-0.2, -0.15) is 26.3 Å². The summed E-state index contributed by atoms with van der Waals surface area (Å²) in [5, 5.41) is 20.9. The molecule has 0 amide bonds. The van der Waals surface area contributed by atoms with E-state index in [4.69, 9.17) is 34.8 Å². The fourth-order valence-corrected chi connectivity index (χ4v) is 3.06. The van der Waals surface area contributed by atoms with Crippen LogP contribution < -0.4 is 5.32 Å². The Bertz CT molecular complexity index is 1060. The molecule has 0 saturated heterocycles. The van der Waals surface area contributed by atoms with E-state index in [2.05, 4.69) is 0 Å². The molecular weight excluding hydrogens is 495 g/mol. The van der Waals surface area contributed by atoms with E-state index in [1.54, 1.807) is 0 Å². The third-order valence-electron chi connectivity index (χ3n) is 3.53. The Labute approximate surface area is 176 Å². The average Bonchev–Trinajstić information content (AvgIpc) is 2.59. The van der Waals surface area contributed by atoms with Gasteiger partial charge >= 0.3 is 12.4 Å². The predicted octanol–water partition coefficient (Wildman–Crippen LogP) is 7.24. The second-order valence-electron chi connectivity index (χ2n) is 5.43. The predicted molar refractivity (Wildman–Crippen MR) is 94.5 cm³/mol. The van der Waals surface area contributed by atoms with E-state index in [1.165, 1.54) is 0 Å². The van der Waals surface area contributed by atoms with Crippen molar-refractivity contribution < 1.29 is 36.2 Å². The molecule has 0 atom stereocenters. The van der Waals surface area contributed by atoms with Crippen molar-refractivity contribution in [2.24, 2.45) is 0 Å². The summed E-state index contributed by atoms with van der Waals surface area (Å²) in [5.74, 6) is 0. The Morgan fingerprint density at radius 3 is 1.73 bits per heavy atom. The van der Waals surface area contributed by atoms with Gasteiger partial charge in [-0.05, 0) is 6.07 Å². The lowest BCUT2D eigenvalue weighted by Gasteiger charge is -2.18. The third-order valence-corrected chi connectivity index (χ3v) is 4.69. The van der Waals surface area contributed by atoms with Gasteiger partial charge in [-0.15, -0.1) is 0 Å². The fraction of sp³-hybridized carbons (Fsp3) is 0.143. The molecule has 2 rings (SSSR count). The molecule has 0 unspecified atom stereocenters. The summed E-state index contributed by atoms with van der Waals surface area (Å²) >= 11 is 16.9. The van der Waals surface area contributed by atoms with E-state index < -0.39 is 71.1 Å². The number of benzene rings is 2. The molecule has 0 radical (unpaired) electrons. The van der Waals surface area contributed by atoms with Crippen LogP contribution in [0.15, 0.2) is 18.2 Å². The van der Waals surface area contributed by atoms with Crippen LogP contribution in [0.25, 0.3) is 0 Å². The van der Waals surface area contributed by atoms with E-state index in [0.717, 1.165) is 0 Å². The zero-order chi connectivity index (χ0) is 23.2. The summed E-state index contributed by atoms with van der Waals surface area (Å²) in [5.41, 5.74) is -8.15. The molecule has 0 saturated carbocycles. The molecule has 2 aromatic carbocycles. The molecular formula is C14H4Cl3F6N3O4. The second-order valence-corrected chi connectivity index (χ2v) is 6.59. The zero-order valence-electron chi connectivity index (χ0n) is 13.7. The van der Waals surface area contributed by atoms with E-state index in [9.17, 15) is 46.6 Å². The highest BCUT2D eigenvalue weighted by atomic mass is 35.5. The van der Waals surface area contributed by atoms with Gasteiger partial charge in [0, 0.05) is 6.07 Å². The molecule has 0 aliphatic rings. The van der Waals surface area contributed by atoms with E-state index in [-0.39, 0.29) is 18.2 Å². The number of nitro benzene ring substituents is 2. The summed E-state index contributed by atoms with van der Waals surface area (Å²) in [6, 6.07) is 0.483. The quantitative estimate of drug-likeness (QED) is 0.207. The Hall–Kier alpha value is -2.51. The number of nitrogens with zero attached hydrogens (tertiary/aromatic N) is 2. The molecule has 162 valence electrons. The first-order valence-electron chi connectivity index (χ1n) is 7.11. The lowest BCUT2D eigenvalue weighted by atomic mass is 10.1. The molecule has 16 heteroatoms. The number of hydrogen-bond donors (Lipinski definition) is 1. The molecule has 1 N–H and O–H groups in total. The van der Waals surface area contributed by atoms with Crippen molar-refractivity contribution in [3.05, 3.63) is 64.6 Å². The molecule has 30 heavy (non-hydrogen) atoms. The first-order valence-corrected chi connectivity index (χ1v) is 8.24. The smallest absolute Gasteiger partial charge is 0.347 e. The first kappa shape index (κ1) is 23.8. The minimum Gasteiger partial charge on any atom is -0.347 e.